The Labute approximate surface area is 329 Å². The normalized spacial score (nSPS) is 11.6. The zero-order chi connectivity index (χ0) is 41.6. The third-order valence-electron chi connectivity index (χ3n) is 7.58. The Kier molecular flexibility index (Phi) is 18.4. The monoisotopic (exact) mass is 793 g/mol. The maximum absolute atomic E-state index is 13.3. The Balaban J connectivity index is 1.75. The molecule has 3 aromatic carbocycles. The van der Waals surface area contributed by atoms with Gasteiger partial charge >= 0.3 is 36.2 Å². The van der Waals surface area contributed by atoms with E-state index in [0.717, 1.165) is 10.5 Å². The van der Waals surface area contributed by atoms with Crippen LogP contribution in [0.3, 0.4) is 0 Å². The molecule has 3 aromatic rings. The molecule has 0 aliphatic carbocycles. The summed E-state index contributed by atoms with van der Waals surface area (Å²) < 4.78 is 32.0. The molecule has 1 atom stereocenters. The summed E-state index contributed by atoms with van der Waals surface area (Å²) in [6.07, 6.45) is -3.29. The Morgan fingerprint density at radius 1 is 0.526 bits per heavy atom. The van der Waals surface area contributed by atoms with Gasteiger partial charge in [0.05, 0.1) is 13.1 Å². The van der Waals surface area contributed by atoms with E-state index in [1.54, 1.807) is 105 Å². The molecular weight excluding hydrogens is 746 g/mol. The van der Waals surface area contributed by atoms with Crippen molar-refractivity contribution >= 4 is 42.1 Å². The van der Waals surface area contributed by atoms with Crippen molar-refractivity contribution < 1.29 is 62.0 Å². The second-order valence-corrected chi connectivity index (χ2v) is 12.8. The lowest BCUT2D eigenvalue weighted by Crippen LogP contribution is -2.61. The molecule has 0 saturated heterocycles. The number of ether oxygens (including phenoxy) is 6. The SMILES string of the molecule is CN(C)CC(=O)OCC(COC(=O)CN(C)C(=O)OCc1ccccc1)(COC(=O)CN(C(=O)OCc1ccccc1)C(=O)OCc1ccccc1)NC(=O)CN. The minimum atomic E-state index is -1.94. The summed E-state index contributed by atoms with van der Waals surface area (Å²) in [5, 5.41) is 2.48. The second kappa shape index (κ2) is 23.4. The van der Waals surface area contributed by atoms with Gasteiger partial charge in [-0.2, -0.15) is 0 Å². The molecule has 0 aliphatic heterocycles. The molecule has 18 nitrogen and oxygen atoms in total. The van der Waals surface area contributed by atoms with Crippen molar-refractivity contribution in [3.8, 4) is 0 Å². The van der Waals surface area contributed by atoms with E-state index in [4.69, 9.17) is 34.2 Å². The molecule has 18 heteroatoms. The van der Waals surface area contributed by atoms with Gasteiger partial charge < -0.3 is 44.4 Å². The maximum atomic E-state index is 13.3. The summed E-state index contributed by atoms with van der Waals surface area (Å²) in [6.45, 7) is -5.16. The van der Waals surface area contributed by atoms with E-state index < -0.39 is 87.1 Å². The van der Waals surface area contributed by atoms with E-state index in [1.807, 2.05) is 0 Å². The van der Waals surface area contributed by atoms with Crippen molar-refractivity contribution in [2.45, 2.75) is 25.4 Å². The highest BCUT2D eigenvalue weighted by molar-refractivity contribution is 5.92. The van der Waals surface area contributed by atoms with Crippen LogP contribution in [0.15, 0.2) is 91.0 Å². The maximum Gasteiger partial charge on any atom is 0.420 e. The fraction of sp³-hybridized carbons (Fsp3) is 0.359. The quantitative estimate of drug-likeness (QED) is 0.124. The van der Waals surface area contributed by atoms with Gasteiger partial charge in [0.2, 0.25) is 5.91 Å². The van der Waals surface area contributed by atoms with Crippen molar-refractivity contribution in [2.75, 3.05) is 67.1 Å². The van der Waals surface area contributed by atoms with E-state index in [-0.39, 0.29) is 26.4 Å². The molecule has 0 aliphatic rings. The number of hydrogen-bond acceptors (Lipinski definition) is 15. The Bertz CT molecular complexity index is 1730. The van der Waals surface area contributed by atoms with Crippen LogP contribution in [0.4, 0.5) is 14.4 Å². The average Bonchev–Trinajstić information content (AvgIpc) is 3.21. The number of benzene rings is 3. The summed E-state index contributed by atoms with van der Waals surface area (Å²) in [7, 11) is 4.51. The second-order valence-electron chi connectivity index (χ2n) is 12.8. The van der Waals surface area contributed by atoms with Gasteiger partial charge in [-0.05, 0) is 30.8 Å². The predicted molar refractivity (Wildman–Crippen MR) is 201 cm³/mol. The van der Waals surface area contributed by atoms with Crippen LogP contribution >= 0.6 is 0 Å². The van der Waals surface area contributed by atoms with Crippen molar-refractivity contribution in [3.63, 3.8) is 0 Å². The average molecular weight is 794 g/mol. The number of hydrogen-bond donors (Lipinski definition) is 2. The molecule has 0 bridgehead atoms. The first-order valence-corrected chi connectivity index (χ1v) is 17.5. The minimum absolute atomic E-state index is 0.0517. The third kappa shape index (κ3) is 16.8. The summed E-state index contributed by atoms with van der Waals surface area (Å²) in [6, 6.07) is 26.0. The van der Waals surface area contributed by atoms with Crippen molar-refractivity contribution in [1.29, 1.82) is 0 Å². The van der Waals surface area contributed by atoms with E-state index in [2.05, 4.69) is 5.32 Å². The number of nitrogens with one attached hydrogen (secondary N) is 1. The molecule has 0 spiro atoms. The lowest BCUT2D eigenvalue weighted by Gasteiger charge is -2.33. The molecule has 0 saturated carbocycles. The van der Waals surface area contributed by atoms with Crippen LogP contribution in [0.5, 0.6) is 0 Å². The van der Waals surface area contributed by atoms with Gasteiger partial charge in [-0.25, -0.2) is 19.3 Å². The molecule has 0 aromatic heterocycles. The van der Waals surface area contributed by atoms with E-state index in [9.17, 15) is 33.6 Å². The summed E-state index contributed by atoms with van der Waals surface area (Å²) in [4.78, 5) is 93.2. The van der Waals surface area contributed by atoms with E-state index in [0.29, 0.717) is 16.0 Å². The first-order valence-electron chi connectivity index (χ1n) is 17.5. The summed E-state index contributed by atoms with van der Waals surface area (Å²) in [5.41, 5.74) is 5.52. The van der Waals surface area contributed by atoms with E-state index >= 15 is 0 Å². The Hall–Kier alpha value is -6.53. The van der Waals surface area contributed by atoms with Crippen LogP contribution < -0.4 is 11.1 Å². The highest BCUT2D eigenvalue weighted by Crippen LogP contribution is 2.13. The number of nitrogens with zero attached hydrogens (tertiary/aromatic N) is 3. The summed E-state index contributed by atoms with van der Waals surface area (Å²) >= 11 is 0. The first kappa shape index (κ1) is 44.9. The van der Waals surface area contributed by atoms with Gasteiger partial charge in [-0.1, -0.05) is 91.0 Å². The first-order chi connectivity index (χ1) is 27.3. The highest BCUT2D eigenvalue weighted by Gasteiger charge is 2.38. The highest BCUT2D eigenvalue weighted by atomic mass is 16.6. The number of nitrogens with two attached hydrogens (primary N) is 1. The molecule has 306 valence electrons. The lowest BCUT2D eigenvalue weighted by atomic mass is 10.0. The molecule has 4 amide bonds. The van der Waals surface area contributed by atoms with Crippen LogP contribution in [0.25, 0.3) is 0 Å². The van der Waals surface area contributed by atoms with Gasteiger partial charge in [0.25, 0.3) is 0 Å². The molecule has 57 heavy (non-hydrogen) atoms. The molecule has 0 radical (unpaired) electrons. The van der Waals surface area contributed by atoms with Crippen molar-refractivity contribution in [3.05, 3.63) is 108 Å². The topological polar surface area (TPSA) is 223 Å². The van der Waals surface area contributed by atoms with Gasteiger partial charge in [-0.15, -0.1) is 0 Å². The van der Waals surface area contributed by atoms with Crippen molar-refractivity contribution in [2.24, 2.45) is 5.73 Å². The molecular formula is C39H47N5O13. The lowest BCUT2D eigenvalue weighted by molar-refractivity contribution is -0.159. The Morgan fingerprint density at radius 3 is 1.28 bits per heavy atom. The molecule has 3 N–H and O–H groups in total. The zero-order valence-electron chi connectivity index (χ0n) is 32.0. The van der Waals surface area contributed by atoms with Crippen LogP contribution in [0.2, 0.25) is 0 Å². The number of esters is 3. The molecule has 0 fully saturated rings. The number of amides is 4. The van der Waals surface area contributed by atoms with Crippen LogP contribution in [0, 0.1) is 0 Å². The van der Waals surface area contributed by atoms with Gasteiger partial charge in [0.1, 0.15) is 58.3 Å². The zero-order valence-corrected chi connectivity index (χ0v) is 32.0. The van der Waals surface area contributed by atoms with Gasteiger partial charge in [0, 0.05) is 7.05 Å². The van der Waals surface area contributed by atoms with E-state index in [1.165, 1.54) is 11.9 Å². The summed E-state index contributed by atoms with van der Waals surface area (Å²) in [5.74, 6) is -3.73. The number of carbonyl (C=O) groups excluding carboxylic acids is 7. The number of imide groups is 1. The number of carbonyl (C=O) groups is 7. The fourth-order valence-electron chi connectivity index (χ4n) is 4.65. The Morgan fingerprint density at radius 2 is 0.895 bits per heavy atom. The fourth-order valence-corrected chi connectivity index (χ4v) is 4.65. The van der Waals surface area contributed by atoms with Crippen LogP contribution in [-0.4, -0.2) is 129 Å². The van der Waals surface area contributed by atoms with Crippen LogP contribution in [0.1, 0.15) is 16.7 Å². The molecule has 0 heterocycles. The predicted octanol–water partition coefficient (Wildman–Crippen LogP) is 2.24. The van der Waals surface area contributed by atoms with Gasteiger partial charge in [0.15, 0.2) is 0 Å². The standard InChI is InChI=1S/C39H47N5O13/c1-42(2)20-33(46)55-26-39(41-32(45)19-40,27-56-34(47)21-43(3)36(49)52-23-29-13-7-4-8-14-29)28-57-35(48)22-44(37(50)53-24-30-15-9-5-10-16-30)38(51)54-25-31-17-11-6-12-18-31/h4-18H,19-28,40H2,1-3H3,(H,41,45). The largest absolute Gasteiger partial charge is 0.462 e. The number of likely N-dealkylation sites (N-methyl/N-ethyl adjacent to an activating group) is 2. The van der Waals surface area contributed by atoms with Crippen molar-refractivity contribution in [1.82, 2.24) is 20.0 Å². The minimum Gasteiger partial charge on any atom is -0.462 e. The van der Waals surface area contributed by atoms with Crippen LogP contribution in [-0.2, 0) is 67.4 Å². The molecule has 3 rings (SSSR count). The third-order valence-corrected chi connectivity index (χ3v) is 7.58. The van der Waals surface area contributed by atoms with Gasteiger partial charge in [-0.3, -0.25) is 24.1 Å². The molecule has 1 unspecified atom stereocenters. The smallest absolute Gasteiger partial charge is 0.420 e. The number of rotatable bonds is 20.